The lowest BCUT2D eigenvalue weighted by Gasteiger charge is -2.22. The lowest BCUT2D eigenvalue weighted by molar-refractivity contribution is -0.143. The van der Waals surface area contributed by atoms with Crippen LogP contribution in [0.4, 0.5) is 0 Å². The first-order chi connectivity index (χ1) is 37.0. The molecule has 0 saturated heterocycles. The molecular weight excluding hydrogens is 923 g/mol. The first-order valence-electron chi connectivity index (χ1n) is 34.1. The van der Waals surface area contributed by atoms with Crippen LogP contribution < -0.4 is 5.32 Å². The van der Waals surface area contributed by atoms with E-state index in [2.05, 4.69) is 43.5 Å². The number of amides is 1. The van der Waals surface area contributed by atoms with E-state index in [9.17, 15) is 19.8 Å². The number of esters is 1. The number of aliphatic hydroxyl groups excluding tert-OH is 2. The largest absolute Gasteiger partial charge is 0.466 e. The highest BCUT2D eigenvalue weighted by molar-refractivity contribution is 5.76. The van der Waals surface area contributed by atoms with Gasteiger partial charge in [-0.1, -0.05) is 314 Å². The van der Waals surface area contributed by atoms with E-state index in [1.54, 1.807) is 0 Å². The van der Waals surface area contributed by atoms with Crippen molar-refractivity contribution in [2.24, 2.45) is 0 Å². The molecule has 6 heteroatoms. The van der Waals surface area contributed by atoms with Crippen LogP contribution in [0.25, 0.3) is 0 Å². The van der Waals surface area contributed by atoms with Crippen molar-refractivity contribution >= 4 is 11.9 Å². The Balaban J connectivity index is 3.43. The van der Waals surface area contributed by atoms with Gasteiger partial charge in [0.2, 0.25) is 5.91 Å². The van der Waals surface area contributed by atoms with Crippen LogP contribution in [-0.2, 0) is 14.3 Å². The second-order valence-electron chi connectivity index (χ2n) is 23.5. The van der Waals surface area contributed by atoms with Crippen LogP contribution in [-0.4, -0.2) is 47.4 Å². The second-order valence-corrected chi connectivity index (χ2v) is 23.5. The van der Waals surface area contributed by atoms with Crippen LogP contribution >= 0.6 is 0 Å². The molecular formula is C69H133NO5. The van der Waals surface area contributed by atoms with Crippen molar-refractivity contribution in [1.29, 1.82) is 0 Å². The number of aliphatic hydroxyl groups is 2. The van der Waals surface area contributed by atoms with Crippen LogP contribution in [0.5, 0.6) is 0 Å². The highest BCUT2D eigenvalue weighted by Crippen LogP contribution is 2.18. The summed E-state index contributed by atoms with van der Waals surface area (Å²) in [5, 5.41) is 23.4. The number of ether oxygens (including phenoxy) is 1. The molecule has 0 rings (SSSR count). The number of carbonyl (C=O) groups excluding carboxylic acids is 2. The molecule has 0 aliphatic heterocycles. The number of rotatable bonds is 64. The van der Waals surface area contributed by atoms with Gasteiger partial charge in [0.1, 0.15) is 0 Å². The molecule has 6 nitrogen and oxygen atoms in total. The molecule has 0 aliphatic carbocycles. The summed E-state index contributed by atoms with van der Waals surface area (Å²) in [5.41, 5.74) is 0. The summed E-state index contributed by atoms with van der Waals surface area (Å²) < 4.78 is 5.48. The van der Waals surface area contributed by atoms with Gasteiger partial charge in [-0.3, -0.25) is 9.59 Å². The molecule has 75 heavy (non-hydrogen) atoms. The van der Waals surface area contributed by atoms with E-state index in [1.165, 1.54) is 302 Å². The molecule has 0 spiro atoms. The summed E-state index contributed by atoms with van der Waals surface area (Å²) in [7, 11) is 0. The number of unbranched alkanes of at least 4 members (excludes halogenated alkanes) is 49. The zero-order valence-corrected chi connectivity index (χ0v) is 50.8. The Morgan fingerprint density at radius 2 is 0.627 bits per heavy atom. The van der Waals surface area contributed by atoms with Crippen molar-refractivity contribution in [3.05, 3.63) is 24.3 Å². The normalized spacial score (nSPS) is 12.6. The van der Waals surface area contributed by atoms with E-state index in [4.69, 9.17) is 4.74 Å². The minimum atomic E-state index is -0.672. The topological polar surface area (TPSA) is 95.9 Å². The molecule has 2 unspecified atom stereocenters. The summed E-state index contributed by atoms with van der Waals surface area (Å²) >= 11 is 0. The molecule has 0 aromatic heterocycles. The average molecular weight is 1060 g/mol. The van der Waals surface area contributed by atoms with E-state index in [-0.39, 0.29) is 18.5 Å². The van der Waals surface area contributed by atoms with Gasteiger partial charge in [-0.2, -0.15) is 0 Å². The first kappa shape index (κ1) is 73.3. The lowest BCUT2D eigenvalue weighted by Crippen LogP contribution is -2.45. The van der Waals surface area contributed by atoms with Crippen molar-refractivity contribution < 1.29 is 24.5 Å². The number of hydrogen-bond acceptors (Lipinski definition) is 5. The average Bonchev–Trinajstić information content (AvgIpc) is 3.41. The van der Waals surface area contributed by atoms with E-state index in [0.29, 0.717) is 25.9 Å². The van der Waals surface area contributed by atoms with Crippen molar-refractivity contribution in [2.45, 2.75) is 392 Å². The summed E-state index contributed by atoms with van der Waals surface area (Å²) in [6, 6.07) is -0.550. The molecule has 0 heterocycles. The molecule has 0 saturated carbocycles. The molecule has 0 aromatic rings. The highest BCUT2D eigenvalue weighted by atomic mass is 16.5. The van der Waals surface area contributed by atoms with Gasteiger partial charge in [0.15, 0.2) is 0 Å². The van der Waals surface area contributed by atoms with Gasteiger partial charge in [-0.15, -0.1) is 0 Å². The third kappa shape index (κ3) is 61.4. The fourth-order valence-corrected chi connectivity index (χ4v) is 10.7. The SMILES string of the molecule is CCCCCCCC/C=C\CCCCCCCC(=O)OCCCCCCCCCC/C=C\CCCCCCCCCC(=O)NC(CO)C(O)CCCCCCCCCCCCCCCCCCCCCCCCCC. The van der Waals surface area contributed by atoms with Gasteiger partial charge in [-0.25, -0.2) is 0 Å². The van der Waals surface area contributed by atoms with Crippen LogP contribution in [0.3, 0.4) is 0 Å². The Labute approximate surface area is 469 Å². The standard InChI is InChI=1S/C69H133NO5/c1-3-5-7-9-11-13-15-17-19-20-21-22-23-24-25-27-30-34-37-41-45-49-53-57-61-67(72)66(65-71)70-68(73)62-58-54-50-46-42-38-35-31-28-26-29-32-36-40-44-48-52-56-60-64-75-69(74)63-59-55-51-47-43-39-33-18-16-14-12-10-8-6-4-2/h18,26,28,33,66-67,71-72H,3-17,19-25,27,29-32,34-65H2,1-2H3,(H,70,73)/b28-26-,33-18-. The Bertz CT molecular complexity index is 1170. The minimum absolute atomic E-state index is 0.00299. The van der Waals surface area contributed by atoms with Crippen molar-refractivity contribution in [2.75, 3.05) is 13.2 Å². The summed E-state index contributed by atoms with van der Waals surface area (Å²) in [5.74, 6) is -0.0435. The molecule has 0 radical (unpaired) electrons. The number of carbonyl (C=O) groups is 2. The number of allylic oxidation sites excluding steroid dienone is 4. The molecule has 0 aromatic carbocycles. The van der Waals surface area contributed by atoms with Crippen molar-refractivity contribution in [3.63, 3.8) is 0 Å². The van der Waals surface area contributed by atoms with Gasteiger partial charge in [0.05, 0.1) is 25.4 Å². The Hall–Kier alpha value is -1.66. The number of hydrogen-bond donors (Lipinski definition) is 3. The summed E-state index contributed by atoms with van der Waals surface area (Å²) in [6.45, 7) is 4.96. The monoisotopic (exact) mass is 1060 g/mol. The van der Waals surface area contributed by atoms with Gasteiger partial charge < -0.3 is 20.3 Å². The van der Waals surface area contributed by atoms with Gasteiger partial charge in [-0.05, 0) is 77.0 Å². The predicted molar refractivity (Wildman–Crippen MR) is 329 cm³/mol. The Morgan fingerprint density at radius 1 is 0.360 bits per heavy atom. The zero-order chi connectivity index (χ0) is 54.3. The third-order valence-electron chi connectivity index (χ3n) is 16.0. The minimum Gasteiger partial charge on any atom is -0.466 e. The number of nitrogens with one attached hydrogen (secondary N) is 1. The lowest BCUT2D eigenvalue weighted by atomic mass is 10.0. The van der Waals surface area contributed by atoms with Gasteiger partial charge in [0, 0.05) is 12.8 Å². The summed E-state index contributed by atoms with van der Waals surface area (Å²) in [4.78, 5) is 24.6. The van der Waals surface area contributed by atoms with Gasteiger partial charge >= 0.3 is 5.97 Å². The van der Waals surface area contributed by atoms with E-state index >= 15 is 0 Å². The van der Waals surface area contributed by atoms with E-state index < -0.39 is 12.1 Å². The molecule has 0 fully saturated rings. The maximum atomic E-state index is 12.5. The molecule has 0 aliphatic rings. The van der Waals surface area contributed by atoms with E-state index in [0.717, 1.165) is 44.9 Å². The smallest absolute Gasteiger partial charge is 0.305 e. The quantitative estimate of drug-likeness (QED) is 0.0320. The first-order valence-corrected chi connectivity index (χ1v) is 34.1. The Kier molecular flexibility index (Phi) is 63.4. The second kappa shape index (κ2) is 64.9. The maximum Gasteiger partial charge on any atom is 0.305 e. The molecule has 2 atom stereocenters. The third-order valence-corrected chi connectivity index (χ3v) is 16.0. The van der Waals surface area contributed by atoms with Crippen LogP contribution in [0.1, 0.15) is 380 Å². The van der Waals surface area contributed by atoms with E-state index in [1.807, 2.05) is 0 Å². The zero-order valence-electron chi connectivity index (χ0n) is 50.8. The predicted octanol–water partition coefficient (Wildman–Crippen LogP) is 21.8. The van der Waals surface area contributed by atoms with Crippen LogP contribution in [0.15, 0.2) is 24.3 Å². The Morgan fingerprint density at radius 3 is 0.947 bits per heavy atom. The molecule has 3 N–H and O–H groups in total. The fraction of sp³-hybridized carbons (Fsp3) is 0.913. The fourth-order valence-electron chi connectivity index (χ4n) is 10.7. The van der Waals surface area contributed by atoms with Crippen LogP contribution in [0.2, 0.25) is 0 Å². The molecule has 0 bridgehead atoms. The summed E-state index contributed by atoms with van der Waals surface area (Å²) in [6.07, 6.45) is 80.6. The van der Waals surface area contributed by atoms with Crippen LogP contribution in [0, 0.1) is 0 Å². The highest BCUT2D eigenvalue weighted by Gasteiger charge is 2.20. The maximum absolute atomic E-state index is 12.5. The van der Waals surface area contributed by atoms with Crippen molar-refractivity contribution in [1.82, 2.24) is 5.32 Å². The van der Waals surface area contributed by atoms with Crippen molar-refractivity contribution in [3.8, 4) is 0 Å². The molecule has 1 amide bonds. The molecule has 444 valence electrons. The van der Waals surface area contributed by atoms with Gasteiger partial charge in [0.25, 0.3) is 0 Å².